The van der Waals surface area contributed by atoms with E-state index in [9.17, 15) is 0 Å². The number of aliphatic imine (C=N–C) groups is 1. The number of hydrogen-bond donors (Lipinski definition) is 1. The average molecular weight is 377 g/mol. The summed E-state index contributed by atoms with van der Waals surface area (Å²) in [4.78, 5) is 12.6. The van der Waals surface area contributed by atoms with E-state index in [1.807, 2.05) is 38.2 Å². The van der Waals surface area contributed by atoms with Crippen molar-refractivity contribution in [2.24, 2.45) is 4.99 Å². The third-order valence-corrected chi connectivity index (χ3v) is 4.95. The number of nitrogens with one attached hydrogen (secondary N) is 1. The lowest BCUT2D eigenvalue weighted by Gasteiger charge is -2.22. The number of methoxy groups -OCH3 is 1. The lowest BCUT2D eigenvalue weighted by Crippen LogP contribution is -2.40. The summed E-state index contributed by atoms with van der Waals surface area (Å²) in [6.45, 7) is 8.90. The molecule has 0 aliphatic heterocycles. The molecule has 0 fully saturated rings. The van der Waals surface area contributed by atoms with Crippen LogP contribution < -0.4 is 14.8 Å². The standard InChI is InChI=1S/C19H28N4O2S/c1-6-20-19(21-13-18-22-14(2)15(3)26-18)23(4)11-12-25-17-9-7-16(24-5)8-10-17/h7-10H,6,11-13H2,1-5H3,(H,20,21). The predicted octanol–water partition coefficient (Wildman–Crippen LogP) is 3.24. The van der Waals surface area contributed by atoms with Crippen LogP contribution in [0.4, 0.5) is 0 Å². The third-order valence-electron chi connectivity index (χ3n) is 3.89. The van der Waals surface area contributed by atoms with E-state index in [4.69, 9.17) is 14.5 Å². The Bertz CT molecular complexity index is 693. The Hall–Kier alpha value is -2.28. The summed E-state index contributed by atoms with van der Waals surface area (Å²) in [7, 11) is 3.66. The molecule has 1 heterocycles. The Morgan fingerprint density at radius 3 is 2.50 bits per heavy atom. The molecule has 0 aliphatic carbocycles. The van der Waals surface area contributed by atoms with Gasteiger partial charge < -0.3 is 19.7 Å². The third kappa shape index (κ3) is 5.91. The molecule has 1 aromatic carbocycles. The van der Waals surface area contributed by atoms with Gasteiger partial charge >= 0.3 is 0 Å². The summed E-state index contributed by atoms with van der Waals surface area (Å²) in [6, 6.07) is 7.60. The maximum absolute atomic E-state index is 5.80. The van der Waals surface area contributed by atoms with Crippen LogP contribution in [0.25, 0.3) is 0 Å². The van der Waals surface area contributed by atoms with Crippen LogP contribution in [0.3, 0.4) is 0 Å². The van der Waals surface area contributed by atoms with Gasteiger partial charge in [0.05, 0.1) is 25.9 Å². The first-order chi connectivity index (χ1) is 12.5. The summed E-state index contributed by atoms with van der Waals surface area (Å²) in [5.41, 5.74) is 1.09. The number of nitrogens with zero attached hydrogens (tertiary/aromatic N) is 3. The van der Waals surface area contributed by atoms with Crippen molar-refractivity contribution in [2.45, 2.75) is 27.3 Å². The van der Waals surface area contributed by atoms with Gasteiger partial charge in [-0.3, -0.25) is 0 Å². The van der Waals surface area contributed by atoms with Crippen molar-refractivity contribution < 1.29 is 9.47 Å². The molecule has 0 saturated heterocycles. The van der Waals surface area contributed by atoms with Crippen LogP contribution in [0.2, 0.25) is 0 Å². The molecule has 1 aromatic heterocycles. The van der Waals surface area contributed by atoms with Crippen molar-refractivity contribution in [2.75, 3.05) is 33.9 Å². The second-order valence-corrected chi connectivity index (χ2v) is 7.15. The number of guanidine groups is 1. The minimum Gasteiger partial charge on any atom is -0.497 e. The molecule has 0 radical (unpaired) electrons. The Balaban J connectivity index is 1.87. The van der Waals surface area contributed by atoms with Gasteiger partial charge in [0, 0.05) is 18.5 Å². The second-order valence-electron chi connectivity index (χ2n) is 5.86. The molecular formula is C19H28N4O2S. The zero-order chi connectivity index (χ0) is 18.9. The topological polar surface area (TPSA) is 59.0 Å². The molecule has 0 aliphatic rings. The van der Waals surface area contributed by atoms with Gasteiger partial charge in [-0.15, -0.1) is 11.3 Å². The van der Waals surface area contributed by atoms with Gasteiger partial charge in [-0.25, -0.2) is 9.98 Å². The molecule has 2 rings (SSSR count). The smallest absolute Gasteiger partial charge is 0.194 e. The molecule has 6 nitrogen and oxygen atoms in total. The minimum atomic E-state index is 0.572. The molecule has 2 aromatic rings. The Kier molecular flexibility index (Phi) is 7.72. The van der Waals surface area contributed by atoms with Crippen molar-refractivity contribution in [1.82, 2.24) is 15.2 Å². The van der Waals surface area contributed by atoms with Crippen LogP contribution >= 0.6 is 11.3 Å². The Labute approximate surface area is 159 Å². The summed E-state index contributed by atoms with van der Waals surface area (Å²) in [5, 5.41) is 4.36. The van der Waals surface area contributed by atoms with E-state index in [1.54, 1.807) is 18.4 Å². The highest BCUT2D eigenvalue weighted by Crippen LogP contribution is 2.18. The number of thiazole rings is 1. The van der Waals surface area contributed by atoms with Gasteiger partial charge in [-0.2, -0.15) is 0 Å². The van der Waals surface area contributed by atoms with Gasteiger partial charge in [0.2, 0.25) is 0 Å². The number of likely N-dealkylation sites (N-methyl/N-ethyl adjacent to an activating group) is 1. The molecule has 1 N–H and O–H groups in total. The summed E-state index contributed by atoms with van der Waals surface area (Å²) in [6.07, 6.45) is 0. The van der Waals surface area contributed by atoms with Crippen molar-refractivity contribution in [3.05, 3.63) is 39.8 Å². The molecule has 0 bridgehead atoms. The fourth-order valence-corrected chi connectivity index (χ4v) is 3.16. The van der Waals surface area contributed by atoms with E-state index in [2.05, 4.69) is 29.0 Å². The van der Waals surface area contributed by atoms with E-state index >= 15 is 0 Å². The summed E-state index contributed by atoms with van der Waals surface area (Å²) < 4.78 is 10.9. The monoisotopic (exact) mass is 376 g/mol. The maximum Gasteiger partial charge on any atom is 0.194 e. The predicted molar refractivity (Wildman–Crippen MR) is 108 cm³/mol. The number of rotatable bonds is 8. The van der Waals surface area contributed by atoms with E-state index in [0.717, 1.165) is 41.2 Å². The fourth-order valence-electron chi connectivity index (χ4n) is 2.30. The average Bonchev–Trinajstić information content (AvgIpc) is 2.97. The number of aryl methyl sites for hydroxylation is 2. The number of benzene rings is 1. The second kappa shape index (κ2) is 10.0. The van der Waals surface area contributed by atoms with Crippen molar-refractivity contribution >= 4 is 17.3 Å². The van der Waals surface area contributed by atoms with Crippen molar-refractivity contribution in [3.63, 3.8) is 0 Å². The normalized spacial score (nSPS) is 11.3. The zero-order valence-electron chi connectivity index (χ0n) is 16.2. The Morgan fingerprint density at radius 2 is 1.92 bits per heavy atom. The molecular weight excluding hydrogens is 348 g/mol. The molecule has 0 amide bonds. The molecule has 26 heavy (non-hydrogen) atoms. The first-order valence-corrected chi connectivity index (χ1v) is 9.54. The van der Waals surface area contributed by atoms with Crippen LogP contribution in [-0.2, 0) is 6.54 Å². The SMILES string of the molecule is CCNC(=NCc1nc(C)c(C)s1)N(C)CCOc1ccc(OC)cc1. The first-order valence-electron chi connectivity index (χ1n) is 8.72. The molecule has 0 unspecified atom stereocenters. The van der Waals surface area contributed by atoms with Crippen LogP contribution in [0.1, 0.15) is 22.5 Å². The zero-order valence-corrected chi connectivity index (χ0v) is 17.0. The van der Waals surface area contributed by atoms with Gasteiger partial charge in [0.25, 0.3) is 0 Å². The van der Waals surface area contributed by atoms with E-state index in [1.165, 1.54) is 4.88 Å². The fraction of sp³-hybridized carbons (Fsp3) is 0.474. The van der Waals surface area contributed by atoms with Crippen molar-refractivity contribution in [1.29, 1.82) is 0 Å². The number of hydrogen-bond acceptors (Lipinski definition) is 5. The van der Waals surface area contributed by atoms with Crippen LogP contribution in [0.15, 0.2) is 29.3 Å². The lowest BCUT2D eigenvalue weighted by molar-refractivity contribution is 0.281. The highest BCUT2D eigenvalue weighted by Gasteiger charge is 2.08. The number of ether oxygens (including phenoxy) is 2. The Morgan fingerprint density at radius 1 is 1.23 bits per heavy atom. The van der Waals surface area contributed by atoms with Crippen LogP contribution in [0.5, 0.6) is 11.5 Å². The quantitative estimate of drug-likeness (QED) is 0.566. The highest BCUT2D eigenvalue weighted by molar-refractivity contribution is 7.11. The van der Waals surface area contributed by atoms with E-state index in [0.29, 0.717) is 13.2 Å². The molecule has 0 atom stereocenters. The molecule has 142 valence electrons. The summed E-state index contributed by atoms with van der Waals surface area (Å²) in [5.74, 6) is 2.51. The van der Waals surface area contributed by atoms with E-state index < -0.39 is 0 Å². The van der Waals surface area contributed by atoms with Crippen molar-refractivity contribution in [3.8, 4) is 11.5 Å². The maximum atomic E-state index is 5.80. The molecule has 0 saturated carbocycles. The molecule has 0 spiro atoms. The minimum absolute atomic E-state index is 0.572. The lowest BCUT2D eigenvalue weighted by atomic mass is 10.3. The number of aromatic nitrogens is 1. The van der Waals surface area contributed by atoms with Gasteiger partial charge in [-0.05, 0) is 45.0 Å². The largest absolute Gasteiger partial charge is 0.497 e. The summed E-state index contributed by atoms with van der Waals surface area (Å²) >= 11 is 1.70. The van der Waals surface area contributed by atoms with Gasteiger partial charge in [0.15, 0.2) is 5.96 Å². The van der Waals surface area contributed by atoms with Gasteiger partial charge in [-0.1, -0.05) is 0 Å². The molecule has 7 heteroatoms. The highest BCUT2D eigenvalue weighted by atomic mass is 32.1. The first kappa shape index (κ1) is 20.0. The van der Waals surface area contributed by atoms with Gasteiger partial charge in [0.1, 0.15) is 23.1 Å². The van der Waals surface area contributed by atoms with Crippen LogP contribution in [0, 0.1) is 13.8 Å². The van der Waals surface area contributed by atoms with E-state index in [-0.39, 0.29) is 0 Å². The van der Waals surface area contributed by atoms with Crippen LogP contribution in [-0.4, -0.2) is 49.7 Å².